The smallest absolute Gasteiger partial charge is 0.229 e. The van der Waals surface area contributed by atoms with E-state index in [0.29, 0.717) is 12.2 Å². The Morgan fingerprint density at radius 2 is 1.81 bits per heavy atom. The highest BCUT2D eigenvalue weighted by Gasteiger charge is 2.03. The maximum absolute atomic E-state index is 11.2. The van der Waals surface area contributed by atoms with Gasteiger partial charge in [0.15, 0.2) is 0 Å². The van der Waals surface area contributed by atoms with Gasteiger partial charge in [0.2, 0.25) is 10.0 Å². The summed E-state index contributed by atoms with van der Waals surface area (Å²) in [6, 6.07) is 12.9. The average molecular weight is 325 g/mol. The molecule has 0 amide bonds. The molecule has 0 aliphatic carbocycles. The predicted octanol–water partition coefficient (Wildman–Crippen LogP) is 3.63. The lowest BCUT2D eigenvalue weighted by Gasteiger charge is -2.11. The minimum Gasteiger partial charge on any atom is -0.381 e. The van der Waals surface area contributed by atoms with Gasteiger partial charge in [0, 0.05) is 17.3 Å². The van der Waals surface area contributed by atoms with Crippen molar-refractivity contribution >= 4 is 33.0 Å². The van der Waals surface area contributed by atoms with Crippen molar-refractivity contribution in [3.8, 4) is 0 Å². The van der Waals surface area contributed by atoms with Gasteiger partial charge in [0.05, 0.1) is 11.9 Å². The third-order valence-electron chi connectivity index (χ3n) is 2.95. The summed E-state index contributed by atoms with van der Waals surface area (Å²) in [7, 11) is -3.26. The number of sulfonamides is 1. The van der Waals surface area contributed by atoms with Crippen LogP contribution in [0.4, 0.5) is 11.4 Å². The largest absolute Gasteiger partial charge is 0.381 e. The predicted molar refractivity (Wildman–Crippen MR) is 88.4 cm³/mol. The Hall–Kier alpha value is -1.72. The number of rotatable bonds is 5. The molecule has 2 N–H and O–H groups in total. The molecule has 0 aliphatic rings. The van der Waals surface area contributed by atoms with Crippen molar-refractivity contribution in [2.45, 2.75) is 13.5 Å². The van der Waals surface area contributed by atoms with E-state index in [1.807, 2.05) is 31.2 Å². The number of halogens is 1. The fraction of sp³-hybridized carbons (Fsp3) is 0.200. The van der Waals surface area contributed by atoms with E-state index in [9.17, 15) is 8.42 Å². The third kappa shape index (κ3) is 4.95. The van der Waals surface area contributed by atoms with Gasteiger partial charge in [-0.15, -0.1) is 0 Å². The molecule has 0 saturated carbocycles. The first-order valence-corrected chi connectivity index (χ1v) is 8.67. The molecule has 4 nitrogen and oxygen atoms in total. The lowest BCUT2D eigenvalue weighted by molar-refractivity contribution is 0.607. The Labute approximate surface area is 130 Å². The molecule has 0 bridgehead atoms. The molecule has 2 rings (SSSR count). The molecule has 2 aromatic carbocycles. The summed E-state index contributed by atoms with van der Waals surface area (Å²) in [6.45, 7) is 2.65. The van der Waals surface area contributed by atoms with Crippen molar-refractivity contribution in [3.05, 3.63) is 58.6 Å². The van der Waals surface area contributed by atoms with Gasteiger partial charge in [-0.3, -0.25) is 4.72 Å². The van der Waals surface area contributed by atoms with Crippen LogP contribution in [0.25, 0.3) is 0 Å². The van der Waals surface area contributed by atoms with Crippen LogP contribution >= 0.6 is 11.6 Å². The molecule has 2 aromatic rings. The van der Waals surface area contributed by atoms with E-state index in [2.05, 4.69) is 10.0 Å². The Morgan fingerprint density at radius 3 is 2.48 bits per heavy atom. The van der Waals surface area contributed by atoms with E-state index in [0.717, 1.165) is 28.1 Å². The van der Waals surface area contributed by atoms with Crippen LogP contribution in [0.2, 0.25) is 5.02 Å². The summed E-state index contributed by atoms with van der Waals surface area (Å²) >= 11 is 5.93. The second kappa shape index (κ2) is 6.37. The van der Waals surface area contributed by atoms with Crippen molar-refractivity contribution in [1.82, 2.24) is 0 Å². The first kappa shape index (κ1) is 15.7. The van der Waals surface area contributed by atoms with Crippen molar-refractivity contribution in [1.29, 1.82) is 0 Å². The highest BCUT2D eigenvalue weighted by Crippen LogP contribution is 2.19. The van der Waals surface area contributed by atoms with Crippen LogP contribution in [0.3, 0.4) is 0 Å². The average Bonchev–Trinajstić information content (AvgIpc) is 2.36. The summed E-state index contributed by atoms with van der Waals surface area (Å²) in [6.07, 6.45) is 1.13. The number of aryl methyl sites for hydroxylation is 1. The molecular formula is C15H17ClN2O2S. The molecular weight excluding hydrogens is 308 g/mol. The molecule has 0 fully saturated rings. The molecule has 0 radical (unpaired) electrons. The van der Waals surface area contributed by atoms with Crippen LogP contribution in [0.15, 0.2) is 42.5 Å². The standard InChI is InChI=1S/C15H17ClN2O2S/c1-11-8-13(16)7-6-12(11)10-17-14-4-3-5-15(9-14)18-21(2,19)20/h3-9,17-18H,10H2,1-2H3. The molecule has 6 heteroatoms. The maximum atomic E-state index is 11.2. The fourth-order valence-electron chi connectivity index (χ4n) is 1.96. The topological polar surface area (TPSA) is 58.2 Å². The molecule has 0 aromatic heterocycles. The number of hydrogen-bond acceptors (Lipinski definition) is 3. The van der Waals surface area contributed by atoms with E-state index in [4.69, 9.17) is 11.6 Å². The number of benzene rings is 2. The molecule has 0 saturated heterocycles. The van der Waals surface area contributed by atoms with Gasteiger partial charge in [-0.25, -0.2) is 8.42 Å². The molecule has 112 valence electrons. The quantitative estimate of drug-likeness (QED) is 0.883. The van der Waals surface area contributed by atoms with Gasteiger partial charge in [-0.2, -0.15) is 0 Å². The van der Waals surface area contributed by atoms with Gasteiger partial charge in [-0.1, -0.05) is 23.7 Å². The second-order valence-corrected chi connectivity index (χ2v) is 7.06. The minimum atomic E-state index is -3.26. The van der Waals surface area contributed by atoms with E-state index in [1.165, 1.54) is 0 Å². The van der Waals surface area contributed by atoms with Crippen LogP contribution in [-0.4, -0.2) is 14.7 Å². The van der Waals surface area contributed by atoms with E-state index < -0.39 is 10.0 Å². The SMILES string of the molecule is Cc1cc(Cl)ccc1CNc1cccc(NS(C)(=O)=O)c1. The summed E-state index contributed by atoms with van der Waals surface area (Å²) in [5.74, 6) is 0. The van der Waals surface area contributed by atoms with Crippen LogP contribution in [0.1, 0.15) is 11.1 Å². The zero-order chi connectivity index (χ0) is 15.5. The molecule has 0 heterocycles. The molecule has 0 unspecified atom stereocenters. The third-order valence-corrected chi connectivity index (χ3v) is 3.80. The van der Waals surface area contributed by atoms with E-state index in [-0.39, 0.29) is 0 Å². The van der Waals surface area contributed by atoms with E-state index in [1.54, 1.807) is 18.2 Å². The Kier molecular flexibility index (Phi) is 4.75. The van der Waals surface area contributed by atoms with Crippen LogP contribution in [0.5, 0.6) is 0 Å². The zero-order valence-corrected chi connectivity index (χ0v) is 13.4. The lowest BCUT2D eigenvalue weighted by Crippen LogP contribution is -2.09. The van der Waals surface area contributed by atoms with Crippen molar-refractivity contribution < 1.29 is 8.42 Å². The summed E-state index contributed by atoms with van der Waals surface area (Å²) in [5.41, 5.74) is 3.63. The highest BCUT2D eigenvalue weighted by molar-refractivity contribution is 7.92. The highest BCUT2D eigenvalue weighted by atomic mass is 35.5. The summed E-state index contributed by atoms with van der Waals surface area (Å²) in [5, 5.41) is 3.99. The number of anilines is 2. The molecule has 0 atom stereocenters. The van der Waals surface area contributed by atoms with Crippen LogP contribution in [0, 0.1) is 6.92 Å². The van der Waals surface area contributed by atoms with Crippen LogP contribution in [-0.2, 0) is 16.6 Å². The normalized spacial score (nSPS) is 11.2. The Bertz CT molecular complexity index is 745. The van der Waals surface area contributed by atoms with Crippen molar-refractivity contribution in [3.63, 3.8) is 0 Å². The summed E-state index contributed by atoms with van der Waals surface area (Å²) in [4.78, 5) is 0. The van der Waals surface area contributed by atoms with Gasteiger partial charge >= 0.3 is 0 Å². The summed E-state index contributed by atoms with van der Waals surface area (Å²) < 4.78 is 24.9. The van der Waals surface area contributed by atoms with Crippen molar-refractivity contribution in [2.75, 3.05) is 16.3 Å². The second-order valence-electron chi connectivity index (χ2n) is 4.88. The molecule has 0 aliphatic heterocycles. The van der Waals surface area contributed by atoms with Gasteiger partial charge in [0.25, 0.3) is 0 Å². The molecule has 21 heavy (non-hydrogen) atoms. The number of hydrogen-bond donors (Lipinski definition) is 2. The van der Waals surface area contributed by atoms with Crippen LogP contribution < -0.4 is 10.0 Å². The number of nitrogens with one attached hydrogen (secondary N) is 2. The fourth-order valence-corrected chi connectivity index (χ4v) is 2.74. The van der Waals surface area contributed by atoms with Gasteiger partial charge in [-0.05, 0) is 48.4 Å². The molecule has 0 spiro atoms. The Morgan fingerprint density at radius 1 is 1.10 bits per heavy atom. The van der Waals surface area contributed by atoms with Crippen molar-refractivity contribution in [2.24, 2.45) is 0 Å². The lowest BCUT2D eigenvalue weighted by atomic mass is 10.1. The van der Waals surface area contributed by atoms with E-state index >= 15 is 0 Å². The maximum Gasteiger partial charge on any atom is 0.229 e. The Balaban J connectivity index is 2.08. The van der Waals surface area contributed by atoms with Gasteiger partial charge in [0.1, 0.15) is 0 Å². The van der Waals surface area contributed by atoms with Gasteiger partial charge < -0.3 is 5.32 Å². The zero-order valence-electron chi connectivity index (χ0n) is 11.9. The first-order chi connectivity index (χ1) is 9.83. The minimum absolute atomic E-state index is 0.537. The first-order valence-electron chi connectivity index (χ1n) is 6.40. The monoisotopic (exact) mass is 324 g/mol.